The number of hydrogen-bond donors (Lipinski definition) is 2. The molecular formula is C33H24ClN3O6S. The molecule has 1 amide bonds. The van der Waals surface area contributed by atoms with Gasteiger partial charge in [-0.2, -0.15) is 0 Å². The predicted molar refractivity (Wildman–Crippen MR) is 168 cm³/mol. The van der Waals surface area contributed by atoms with Crippen LogP contribution in [0.4, 0.5) is 5.69 Å². The molecule has 0 spiro atoms. The van der Waals surface area contributed by atoms with Gasteiger partial charge in [-0.25, -0.2) is 9.79 Å². The van der Waals surface area contributed by atoms with Crippen LogP contribution in [0.3, 0.4) is 0 Å². The van der Waals surface area contributed by atoms with E-state index in [9.17, 15) is 19.5 Å². The number of carbonyl (C=O) groups excluding carboxylic acids is 1. The smallest absolute Gasteiger partial charge is 0.337 e. The lowest BCUT2D eigenvalue weighted by atomic mass is 9.95. The molecule has 6 rings (SSSR count). The molecule has 9 nitrogen and oxygen atoms in total. The second-order valence-corrected chi connectivity index (χ2v) is 11.3. The second kappa shape index (κ2) is 11.8. The molecule has 1 aliphatic rings. The van der Waals surface area contributed by atoms with Crippen molar-refractivity contribution < 1.29 is 23.8 Å². The Morgan fingerprint density at radius 2 is 1.86 bits per heavy atom. The Labute approximate surface area is 259 Å². The van der Waals surface area contributed by atoms with Crippen LogP contribution in [0.1, 0.15) is 34.6 Å². The van der Waals surface area contributed by atoms with Gasteiger partial charge in [0.05, 0.1) is 39.5 Å². The molecule has 220 valence electrons. The molecule has 0 bridgehead atoms. The van der Waals surface area contributed by atoms with Crippen molar-refractivity contribution in [1.82, 2.24) is 4.57 Å². The van der Waals surface area contributed by atoms with E-state index in [4.69, 9.17) is 20.8 Å². The summed E-state index contributed by atoms with van der Waals surface area (Å²) in [5.74, 6) is -0.152. The maximum absolute atomic E-state index is 14.0. The molecule has 2 aromatic heterocycles. The lowest BCUT2D eigenvalue weighted by Crippen LogP contribution is -2.40. The molecule has 2 N–H and O–H groups in total. The van der Waals surface area contributed by atoms with Crippen LogP contribution < -0.4 is 24.9 Å². The molecule has 44 heavy (non-hydrogen) atoms. The average molecular weight is 626 g/mol. The number of halogens is 1. The number of amides is 1. The summed E-state index contributed by atoms with van der Waals surface area (Å²) < 4.78 is 13.3. The molecule has 0 saturated heterocycles. The lowest BCUT2D eigenvalue weighted by Gasteiger charge is -2.25. The van der Waals surface area contributed by atoms with Crippen molar-refractivity contribution in [2.75, 3.05) is 12.4 Å². The highest BCUT2D eigenvalue weighted by Crippen LogP contribution is 2.32. The van der Waals surface area contributed by atoms with E-state index in [2.05, 4.69) is 10.3 Å². The van der Waals surface area contributed by atoms with E-state index in [1.807, 2.05) is 30.3 Å². The van der Waals surface area contributed by atoms with Crippen LogP contribution in [0.15, 0.2) is 110 Å². The van der Waals surface area contributed by atoms with Crippen molar-refractivity contribution in [3.8, 4) is 17.1 Å². The van der Waals surface area contributed by atoms with Gasteiger partial charge < -0.3 is 19.6 Å². The minimum atomic E-state index is -1.15. The van der Waals surface area contributed by atoms with Crippen LogP contribution in [-0.4, -0.2) is 28.7 Å². The van der Waals surface area contributed by atoms with Crippen LogP contribution in [0.25, 0.3) is 17.4 Å². The number of carbonyl (C=O) groups is 2. The van der Waals surface area contributed by atoms with Crippen LogP contribution in [0, 0.1) is 0 Å². The zero-order valence-corrected chi connectivity index (χ0v) is 25.0. The number of aromatic nitrogens is 1. The molecule has 0 radical (unpaired) electrons. The normalized spacial score (nSPS) is 14.6. The Bertz CT molecular complexity index is 2150. The molecule has 3 aromatic carbocycles. The van der Waals surface area contributed by atoms with Gasteiger partial charge in [-0.15, -0.1) is 0 Å². The quantitative estimate of drug-likeness (QED) is 0.246. The third-order valence-electron chi connectivity index (χ3n) is 7.09. The fourth-order valence-corrected chi connectivity index (χ4v) is 6.24. The van der Waals surface area contributed by atoms with Gasteiger partial charge in [0.2, 0.25) is 0 Å². The van der Waals surface area contributed by atoms with Gasteiger partial charge in [0.25, 0.3) is 11.5 Å². The van der Waals surface area contributed by atoms with Gasteiger partial charge >= 0.3 is 5.97 Å². The van der Waals surface area contributed by atoms with Gasteiger partial charge in [0.15, 0.2) is 4.80 Å². The number of benzene rings is 3. The summed E-state index contributed by atoms with van der Waals surface area (Å²) in [7, 11) is 1.55. The maximum Gasteiger partial charge on any atom is 0.337 e. The highest BCUT2D eigenvalue weighted by Gasteiger charge is 2.33. The van der Waals surface area contributed by atoms with E-state index in [1.54, 1.807) is 62.6 Å². The first-order chi connectivity index (χ1) is 21.2. The first-order valence-corrected chi connectivity index (χ1v) is 14.6. The number of hydrogen-bond acceptors (Lipinski definition) is 7. The Balaban J connectivity index is 1.44. The number of carboxylic acids is 1. The van der Waals surface area contributed by atoms with E-state index >= 15 is 0 Å². The SMILES string of the molecule is COc1cccc([C@H]2C(C(=O)Nc3ccccc3)=C(C)N=c3s/c(=C\c4ccc(-c5ccc(Cl)c(C(=O)O)c5)o4)c(=O)n32)c1. The number of anilines is 1. The fraction of sp³-hybridized carbons (Fsp3) is 0.0909. The van der Waals surface area contributed by atoms with Crippen molar-refractivity contribution in [3.63, 3.8) is 0 Å². The number of allylic oxidation sites excluding steroid dienone is 1. The number of fused-ring (bicyclic) bond motifs is 1. The highest BCUT2D eigenvalue weighted by atomic mass is 35.5. The van der Waals surface area contributed by atoms with Gasteiger partial charge in [0.1, 0.15) is 17.3 Å². The van der Waals surface area contributed by atoms with Crippen LogP contribution in [-0.2, 0) is 4.79 Å². The first kappa shape index (κ1) is 28.9. The average Bonchev–Trinajstić information content (AvgIpc) is 3.61. The maximum atomic E-state index is 14.0. The number of carboxylic acid groups (broad SMARTS) is 1. The Morgan fingerprint density at radius 1 is 1.07 bits per heavy atom. The van der Waals surface area contributed by atoms with E-state index < -0.39 is 12.0 Å². The topological polar surface area (TPSA) is 123 Å². The molecule has 3 heterocycles. The summed E-state index contributed by atoms with van der Waals surface area (Å²) in [5, 5.41) is 12.5. The number of thiazole rings is 1. The molecule has 0 unspecified atom stereocenters. The van der Waals surface area contributed by atoms with Crippen molar-refractivity contribution in [2.24, 2.45) is 4.99 Å². The van der Waals surface area contributed by atoms with E-state index in [1.165, 1.54) is 28.0 Å². The molecule has 11 heteroatoms. The van der Waals surface area contributed by atoms with E-state index in [0.717, 1.165) is 0 Å². The van der Waals surface area contributed by atoms with Gasteiger partial charge in [0, 0.05) is 17.3 Å². The summed E-state index contributed by atoms with van der Waals surface area (Å²) >= 11 is 7.19. The van der Waals surface area contributed by atoms with Gasteiger partial charge in [-0.1, -0.05) is 53.3 Å². The van der Waals surface area contributed by atoms with Crippen molar-refractivity contribution in [2.45, 2.75) is 13.0 Å². The van der Waals surface area contributed by atoms with Crippen LogP contribution >= 0.6 is 22.9 Å². The molecule has 1 atom stereocenters. The summed E-state index contributed by atoms with van der Waals surface area (Å²) in [5.41, 5.74) is 2.24. The second-order valence-electron chi connectivity index (χ2n) is 9.88. The van der Waals surface area contributed by atoms with Gasteiger partial charge in [-0.3, -0.25) is 14.2 Å². The standard InChI is InChI=1S/C33H24ClN3O6S/c1-18-28(30(38)36-21-8-4-3-5-9-21)29(20-7-6-10-22(15-20)42-2)37-31(39)27(44-33(37)35-18)17-23-12-14-26(43-23)19-11-13-25(34)24(16-19)32(40)41/h3-17,29H,1-2H3,(H,36,38)(H,40,41)/b27-17-/t29-/m0/s1. The minimum absolute atomic E-state index is 0.0459. The lowest BCUT2D eigenvalue weighted by molar-refractivity contribution is -0.113. The molecule has 0 saturated carbocycles. The predicted octanol–water partition coefficient (Wildman–Crippen LogP) is 5.49. The number of ether oxygens (including phenoxy) is 1. The van der Waals surface area contributed by atoms with E-state index in [-0.39, 0.29) is 22.1 Å². The summed E-state index contributed by atoms with van der Waals surface area (Å²) in [6.07, 6.45) is 1.60. The number of furan rings is 1. The van der Waals surface area contributed by atoms with Crippen LogP contribution in [0.5, 0.6) is 5.75 Å². The number of nitrogens with one attached hydrogen (secondary N) is 1. The Morgan fingerprint density at radius 3 is 2.61 bits per heavy atom. The van der Waals surface area contributed by atoms with Crippen molar-refractivity contribution in [3.05, 3.63) is 138 Å². The zero-order chi connectivity index (χ0) is 31.0. The Kier molecular flexibility index (Phi) is 7.77. The Hall–Kier alpha value is -5.19. The first-order valence-electron chi connectivity index (χ1n) is 13.4. The highest BCUT2D eigenvalue weighted by molar-refractivity contribution is 7.07. The number of rotatable bonds is 7. The molecular weight excluding hydrogens is 602 g/mol. The van der Waals surface area contributed by atoms with Gasteiger partial charge in [-0.05, 0) is 67.1 Å². The summed E-state index contributed by atoms with van der Waals surface area (Å²) in [6.45, 7) is 1.75. The molecule has 1 aliphatic heterocycles. The fourth-order valence-electron chi connectivity index (χ4n) is 5.02. The number of aromatic carboxylic acids is 1. The number of methoxy groups -OCH3 is 1. The number of para-hydroxylation sites is 1. The largest absolute Gasteiger partial charge is 0.497 e. The van der Waals surface area contributed by atoms with E-state index in [0.29, 0.717) is 54.7 Å². The van der Waals surface area contributed by atoms with Crippen molar-refractivity contribution in [1.29, 1.82) is 0 Å². The number of nitrogens with zero attached hydrogens (tertiary/aromatic N) is 2. The third kappa shape index (κ3) is 5.48. The van der Waals surface area contributed by atoms with Crippen molar-refractivity contribution >= 4 is 46.6 Å². The van der Waals surface area contributed by atoms with Crippen LogP contribution in [0.2, 0.25) is 5.02 Å². The zero-order valence-electron chi connectivity index (χ0n) is 23.4. The molecule has 0 fully saturated rings. The summed E-state index contributed by atoms with van der Waals surface area (Å²) in [6, 6.07) is 23.5. The monoisotopic (exact) mass is 625 g/mol. The molecule has 0 aliphatic carbocycles. The third-order valence-corrected chi connectivity index (χ3v) is 8.40. The summed E-state index contributed by atoms with van der Waals surface area (Å²) in [4.78, 5) is 44.3. The minimum Gasteiger partial charge on any atom is -0.497 e. The molecule has 5 aromatic rings.